The van der Waals surface area contributed by atoms with Crippen LogP contribution in [0.25, 0.3) is 0 Å². The number of hydrogen-bond donors (Lipinski definition) is 1. The van der Waals surface area contributed by atoms with E-state index in [1.165, 1.54) is 32.1 Å². The van der Waals surface area contributed by atoms with Crippen LogP contribution in [0.4, 0.5) is 0 Å². The average molecular weight is 270 g/mol. The third-order valence-electron chi connectivity index (χ3n) is 5.11. The molecule has 112 valence electrons. The summed E-state index contributed by atoms with van der Waals surface area (Å²) in [5.41, 5.74) is 0.106. The standard InChI is InChI=1S/C16H30O3/c1-13(18-2)6-7-15(17)14-8-11-19-16(12-14)9-4-3-5-10-16/h13-15,17H,3-12H2,1-2H3. The van der Waals surface area contributed by atoms with Crippen molar-refractivity contribution >= 4 is 0 Å². The largest absolute Gasteiger partial charge is 0.393 e. The summed E-state index contributed by atoms with van der Waals surface area (Å²) in [6, 6.07) is 0. The van der Waals surface area contributed by atoms with Gasteiger partial charge >= 0.3 is 0 Å². The monoisotopic (exact) mass is 270 g/mol. The lowest BCUT2D eigenvalue weighted by atomic mass is 9.74. The van der Waals surface area contributed by atoms with Gasteiger partial charge in [-0.2, -0.15) is 0 Å². The zero-order valence-electron chi connectivity index (χ0n) is 12.6. The second-order valence-electron chi connectivity index (χ2n) is 6.54. The van der Waals surface area contributed by atoms with Crippen LogP contribution >= 0.6 is 0 Å². The fourth-order valence-electron chi connectivity index (χ4n) is 3.70. The van der Waals surface area contributed by atoms with Crippen molar-refractivity contribution in [3.05, 3.63) is 0 Å². The summed E-state index contributed by atoms with van der Waals surface area (Å²) in [7, 11) is 1.74. The van der Waals surface area contributed by atoms with Gasteiger partial charge in [-0.15, -0.1) is 0 Å². The summed E-state index contributed by atoms with van der Waals surface area (Å²) in [5, 5.41) is 10.4. The van der Waals surface area contributed by atoms with Crippen LogP contribution in [-0.4, -0.2) is 36.6 Å². The van der Waals surface area contributed by atoms with Crippen molar-refractivity contribution in [1.29, 1.82) is 0 Å². The van der Waals surface area contributed by atoms with Gasteiger partial charge in [0.15, 0.2) is 0 Å². The van der Waals surface area contributed by atoms with Gasteiger partial charge in [0.05, 0.1) is 17.8 Å². The second kappa shape index (κ2) is 7.05. The zero-order valence-corrected chi connectivity index (χ0v) is 12.6. The van der Waals surface area contributed by atoms with Crippen LogP contribution in [0.15, 0.2) is 0 Å². The Morgan fingerprint density at radius 3 is 2.68 bits per heavy atom. The average Bonchev–Trinajstić information content (AvgIpc) is 2.45. The summed E-state index contributed by atoms with van der Waals surface area (Å²) in [6.07, 6.45) is 10.3. The second-order valence-corrected chi connectivity index (χ2v) is 6.54. The van der Waals surface area contributed by atoms with Crippen LogP contribution in [0.3, 0.4) is 0 Å². The Labute approximate surface area is 117 Å². The Morgan fingerprint density at radius 1 is 1.26 bits per heavy atom. The van der Waals surface area contributed by atoms with Gasteiger partial charge in [0.25, 0.3) is 0 Å². The van der Waals surface area contributed by atoms with Gasteiger partial charge in [-0.1, -0.05) is 19.3 Å². The van der Waals surface area contributed by atoms with E-state index >= 15 is 0 Å². The highest BCUT2D eigenvalue weighted by Crippen LogP contribution is 2.42. The highest BCUT2D eigenvalue weighted by molar-refractivity contribution is 4.91. The van der Waals surface area contributed by atoms with Crippen LogP contribution < -0.4 is 0 Å². The van der Waals surface area contributed by atoms with Crippen molar-refractivity contribution in [2.24, 2.45) is 5.92 Å². The Morgan fingerprint density at radius 2 is 2.00 bits per heavy atom. The summed E-state index contributed by atoms with van der Waals surface area (Å²) in [6.45, 7) is 2.90. The quantitative estimate of drug-likeness (QED) is 0.833. The van der Waals surface area contributed by atoms with E-state index in [4.69, 9.17) is 9.47 Å². The zero-order chi connectivity index (χ0) is 13.7. The predicted molar refractivity (Wildman–Crippen MR) is 76.2 cm³/mol. The van der Waals surface area contributed by atoms with E-state index in [2.05, 4.69) is 6.92 Å². The molecular formula is C16H30O3. The topological polar surface area (TPSA) is 38.7 Å². The Hall–Kier alpha value is -0.120. The smallest absolute Gasteiger partial charge is 0.0686 e. The molecule has 19 heavy (non-hydrogen) atoms. The molecule has 1 saturated heterocycles. The first-order valence-electron chi connectivity index (χ1n) is 8.00. The molecule has 0 aromatic heterocycles. The molecule has 0 aromatic rings. The normalized spacial score (nSPS) is 30.2. The van der Waals surface area contributed by atoms with Crippen LogP contribution in [0.5, 0.6) is 0 Å². The first kappa shape index (κ1) is 15.3. The minimum atomic E-state index is -0.180. The molecule has 2 aliphatic rings. The van der Waals surface area contributed by atoms with Crippen LogP contribution in [0.2, 0.25) is 0 Å². The molecule has 3 nitrogen and oxygen atoms in total. The lowest BCUT2D eigenvalue weighted by Crippen LogP contribution is -2.44. The van der Waals surface area contributed by atoms with Gasteiger partial charge in [-0.05, 0) is 51.4 Å². The molecule has 0 amide bonds. The van der Waals surface area contributed by atoms with E-state index < -0.39 is 0 Å². The Balaban J connectivity index is 1.82. The molecule has 1 aliphatic carbocycles. The maximum absolute atomic E-state index is 10.4. The molecule has 0 aromatic carbocycles. The highest BCUT2D eigenvalue weighted by atomic mass is 16.5. The lowest BCUT2D eigenvalue weighted by molar-refractivity contribution is -0.134. The summed E-state index contributed by atoms with van der Waals surface area (Å²) < 4.78 is 11.4. The van der Waals surface area contributed by atoms with Gasteiger partial charge < -0.3 is 14.6 Å². The molecule has 1 N–H and O–H groups in total. The SMILES string of the molecule is COC(C)CCC(O)C1CCOC2(CCCCC2)C1. The number of hydrogen-bond acceptors (Lipinski definition) is 3. The lowest BCUT2D eigenvalue weighted by Gasteiger charge is -2.44. The third kappa shape index (κ3) is 4.17. The van der Waals surface area contributed by atoms with E-state index in [0.29, 0.717) is 5.92 Å². The predicted octanol–water partition coefficient (Wildman–Crippen LogP) is 3.29. The molecule has 3 unspecified atom stereocenters. The van der Waals surface area contributed by atoms with Crippen molar-refractivity contribution in [3.8, 4) is 0 Å². The van der Waals surface area contributed by atoms with E-state index in [0.717, 1.165) is 32.3 Å². The molecule has 0 bridgehead atoms. The first-order valence-corrected chi connectivity index (χ1v) is 8.00. The summed E-state index contributed by atoms with van der Waals surface area (Å²) >= 11 is 0. The first-order chi connectivity index (χ1) is 9.15. The number of ether oxygens (including phenoxy) is 2. The molecule has 2 rings (SSSR count). The molecule has 3 heteroatoms. The van der Waals surface area contributed by atoms with Crippen molar-refractivity contribution < 1.29 is 14.6 Å². The molecule has 2 fully saturated rings. The Bertz CT molecular complexity index is 255. The van der Waals surface area contributed by atoms with Gasteiger partial charge in [-0.25, -0.2) is 0 Å². The minimum Gasteiger partial charge on any atom is -0.393 e. The fraction of sp³-hybridized carbons (Fsp3) is 1.00. The summed E-state index contributed by atoms with van der Waals surface area (Å²) in [5.74, 6) is 0.427. The van der Waals surface area contributed by atoms with Crippen LogP contribution in [0, 0.1) is 5.92 Å². The van der Waals surface area contributed by atoms with E-state index in [1.807, 2.05) is 0 Å². The maximum atomic E-state index is 10.4. The minimum absolute atomic E-state index is 0.106. The van der Waals surface area contributed by atoms with Crippen molar-refractivity contribution in [1.82, 2.24) is 0 Å². The van der Waals surface area contributed by atoms with Crippen molar-refractivity contribution in [3.63, 3.8) is 0 Å². The van der Waals surface area contributed by atoms with E-state index in [-0.39, 0.29) is 17.8 Å². The molecule has 1 aliphatic heterocycles. The van der Waals surface area contributed by atoms with Gasteiger partial charge in [0.2, 0.25) is 0 Å². The molecule has 3 atom stereocenters. The maximum Gasteiger partial charge on any atom is 0.0686 e. The van der Waals surface area contributed by atoms with Crippen molar-refractivity contribution in [2.75, 3.05) is 13.7 Å². The molecule has 0 radical (unpaired) electrons. The molecule has 1 saturated carbocycles. The van der Waals surface area contributed by atoms with Crippen molar-refractivity contribution in [2.45, 2.75) is 82.5 Å². The fourth-order valence-corrected chi connectivity index (χ4v) is 3.70. The highest BCUT2D eigenvalue weighted by Gasteiger charge is 2.40. The van der Waals surface area contributed by atoms with Crippen LogP contribution in [0.1, 0.15) is 64.7 Å². The van der Waals surface area contributed by atoms with Crippen LogP contribution in [-0.2, 0) is 9.47 Å². The summed E-state index contributed by atoms with van der Waals surface area (Å²) in [4.78, 5) is 0. The van der Waals surface area contributed by atoms with Gasteiger partial charge in [0, 0.05) is 13.7 Å². The van der Waals surface area contributed by atoms with Gasteiger partial charge in [0.1, 0.15) is 0 Å². The Kier molecular flexibility index (Phi) is 5.67. The molecular weight excluding hydrogens is 240 g/mol. The number of rotatable bonds is 5. The molecule has 1 spiro atoms. The number of aliphatic hydroxyl groups excluding tert-OH is 1. The number of aliphatic hydroxyl groups is 1. The molecule has 1 heterocycles. The van der Waals surface area contributed by atoms with E-state index in [9.17, 15) is 5.11 Å². The number of methoxy groups -OCH3 is 1. The third-order valence-corrected chi connectivity index (χ3v) is 5.11. The van der Waals surface area contributed by atoms with E-state index in [1.54, 1.807) is 7.11 Å². The van der Waals surface area contributed by atoms with Gasteiger partial charge in [-0.3, -0.25) is 0 Å².